The van der Waals surface area contributed by atoms with Crippen LogP contribution >= 0.6 is 0 Å². The zero-order valence-corrected chi connectivity index (χ0v) is 11.9. The summed E-state index contributed by atoms with van der Waals surface area (Å²) in [5.74, 6) is 1.06. The van der Waals surface area contributed by atoms with E-state index >= 15 is 0 Å². The lowest BCUT2D eigenvalue weighted by Gasteiger charge is -2.15. The van der Waals surface area contributed by atoms with Gasteiger partial charge in [-0.05, 0) is 44.7 Å². The second kappa shape index (κ2) is 6.24. The molecular formula is C16H25NO. The number of ether oxygens (including phenoxy) is 1. The van der Waals surface area contributed by atoms with Crippen molar-refractivity contribution in [2.45, 2.75) is 52.5 Å². The van der Waals surface area contributed by atoms with Crippen LogP contribution in [0, 0.1) is 20.8 Å². The van der Waals surface area contributed by atoms with Crippen LogP contribution in [-0.2, 0) is 0 Å². The van der Waals surface area contributed by atoms with Crippen LogP contribution in [0.25, 0.3) is 0 Å². The van der Waals surface area contributed by atoms with Gasteiger partial charge in [-0.1, -0.05) is 30.5 Å². The Labute approximate surface area is 111 Å². The predicted molar refractivity (Wildman–Crippen MR) is 76.4 cm³/mol. The van der Waals surface area contributed by atoms with Crippen molar-refractivity contribution in [3.8, 4) is 5.75 Å². The van der Waals surface area contributed by atoms with Crippen molar-refractivity contribution in [3.05, 3.63) is 28.8 Å². The maximum absolute atomic E-state index is 5.92. The van der Waals surface area contributed by atoms with E-state index in [-0.39, 0.29) is 0 Å². The number of rotatable bonds is 5. The molecule has 1 saturated carbocycles. The molecule has 0 amide bonds. The van der Waals surface area contributed by atoms with Crippen molar-refractivity contribution in [2.24, 2.45) is 0 Å². The number of hydrogen-bond acceptors (Lipinski definition) is 2. The smallest absolute Gasteiger partial charge is 0.125 e. The molecular weight excluding hydrogens is 222 g/mol. The molecule has 1 N–H and O–H groups in total. The maximum Gasteiger partial charge on any atom is 0.125 e. The minimum atomic E-state index is 0.730. The first-order chi connectivity index (χ1) is 8.66. The predicted octanol–water partition coefficient (Wildman–Crippen LogP) is 3.52. The monoisotopic (exact) mass is 247 g/mol. The lowest BCUT2D eigenvalue weighted by molar-refractivity contribution is 0.301. The van der Waals surface area contributed by atoms with Crippen molar-refractivity contribution in [1.82, 2.24) is 5.32 Å². The third-order valence-corrected chi connectivity index (χ3v) is 3.74. The molecule has 0 spiro atoms. The first-order valence-corrected chi connectivity index (χ1v) is 7.11. The number of aryl methyl sites for hydroxylation is 3. The minimum Gasteiger partial charge on any atom is -0.492 e. The molecule has 0 atom stereocenters. The molecule has 0 unspecified atom stereocenters. The van der Waals surface area contributed by atoms with Gasteiger partial charge in [0.2, 0.25) is 0 Å². The number of benzene rings is 1. The summed E-state index contributed by atoms with van der Waals surface area (Å²) < 4.78 is 5.92. The van der Waals surface area contributed by atoms with Gasteiger partial charge in [-0.15, -0.1) is 0 Å². The van der Waals surface area contributed by atoms with Gasteiger partial charge in [-0.25, -0.2) is 0 Å². The average molecular weight is 247 g/mol. The first kappa shape index (κ1) is 13.4. The second-order valence-electron chi connectivity index (χ2n) is 5.51. The van der Waals surface area contributed by atoms with E-state index in [4.69, 9.17) is 4.74 Å². The minimum absolute atomic E-state index is 0.730. The fourth-order valence-electron chi connectivity index (χ4n) is 2.94. The molecule has 2 nitrogen and oxygen atoms in total. The normalized spacial score (nSPS) is 16.2. The summed E-state index contributed by atoms with van der Waals surface area (Å²) in [5.41, 5.74) is 3.79. The van der Waals surface area contributed by atoms with Gasteiger partial charge in [0.15, 0.2) is 0 Å². The van der Waals surface area contributed by atoms with Crippen molar-refractivity contribution in [3.63, 3.8) is 0 Å². The maximum atomic E-state index is 5.92. The van der Waals surface area contributed by atoms with E-state index < -0.39 is 0 Å². The Morgan fingerprint density at radius 3 is 2.33 bits per heavy atom. The lowest BCUT2D eigenvalue weighted by atomic mass is 10.1. The third kappa shape index (κ3) is 3.49. The van der Waals surface area contributed by atoms with E-state index in [2.05, 4.69) is 38.2 Å². The van der Waals surface area contributed by atoms with E-state index in [0.29, 0.717) is 0 Å². The highest BCUT2D eigenvalue weighted by atomic mass is 16.5. The average Bonchev–Trinajstić information content (AvgIpc) is 2.79. The Balaban J connectivity index is 1.79. The summed E-state index contributed by atoms with van der Waals surface area (Å²) in [6.45, 7) is 8.10. The van der Waals surface area contributed by atoms with Gasteiger partial charge in [-0.3, -0.25) is 0 Å². The third-order valence-electron chi connectivity index (χ3n) is 3.74. The standard InChI is InChI=1S/C16H25NO/c1-12-10-13(2)16(14(3)11-12)18-9-8-17-15-6-4-5-7-15/h10-11,15,17H,4-9H2,1-3H3. The van der Waals surface area contributed by atoms with E-state index in [9.17, 15) is 0 Å². The summed E-state index contributed by atoms with van der Waals surface area (Å²) in [6.07, 6.45) is 5.44. The Kier molecular flexibility index (Phi) is 4.65. The summed E-state index contributed by atoms with van der Waals surface area (Å²) in [6, 6.07) is 5.10. The van der Waals surface area contributed by atoms with Crippen LogP contribution in [0.3, 0.4) is 0 Å². The Morgan fingerprint density at radius 1 is 1.11 bits per heavy atom. The van der Waals surface area contributed by atoms with Gasteiger partial charge < -0.3 is 10.1 Å². The summed E-state index contributed by atoms with van der Waals surface area (Å²) in [4.78, 5) is 0. The molecule has 2 heteroatoms. The zero-order chi connectivity index (χ0) is 13.0. The molecule has 0 heterocycles. The van der Waals surface area contributed by atoms with Crippen LogP contribution in [-0.4, -0.2) is 19.2 Å². The Morgan fingerprint density at radius 2 is 1.72 bits per heavy atom. The summed E-state index contributed by atoms with van der Waals surface area (Å²) in [7, 11) is 0. The molecule has 0 radical (unpaired) electrons. The molecule has 1 aliphatic rings. The van der Waals surface area contributed by atoms with Gasteiger partial charge in [0.05, 0.1) is 0 Å². The van der Waals surface area contributed by atoms with Gasteiger partial charge in [0.25, 0.3) is 0 Å². The molecule has 18 heavy (non-hydrogen) atoms. The molecule has 100 valence electrons. The van der Waals surface area contributed by atoms with Crippen LogP contribution in [0.1, 0.15) is 42.4 Å². The van der Waals surface area contributed by atoms with E-state index in [1.54, 1.807) is 0 Å². The Bertz CT molecular complexity index is 371. The summed E-state index contributed by atoms with van der Waals surface area (Å²) in [5, 5.41) is 3.58. The van der Waals surface area contributed by atoms with Crippen LogP contribution in [0.5, 0.6) is 5.75 Å². The van der Waals surface area contributed by atoms with E-state index in [0.717, 1.165) is 24.9 Å². The topological polar surface area (TPSA) is 21.3 Å². The highest BCUT2D eigenvalue weighted by molar-refractivity contribution is 5.42. The zero-order valence-electron chi connectivity index (χ0n) is 11.9. The molecule has 1 aromatic rings. The largest absolute Gasteiger partial charge is 0.492 e. The van der Waals surface area contributed by atoms with Gasteiger partial charge in [0, 0.05) is 12.6 Å². The van der Waals surface area contributed by atoms with Crippen molar-refractivity contribution < 1.29 is 4.74 Å². The second-order valence-corrected chi connectivity index (χ2v) is 5.51. The lowest BCUT2D eigenvalue weighted by Crippen LogP contribution is -2.30. The summed E-state index contributed by atoms with van der Waals surface area (Å²) >= 11 is 0. The molecule has 2 rings (SSSR count). The van der Waals surface area contributed by atoms with E-state index in [1.165, 1.54) is 42.4 Å². The molecule has 0 saturated heterocycles. The van der Waals surface area contributed by atoms with Crippen LogP contribution in [0.4, 0.5) is 0 Å². The molecule has 0 bridgehead atoms. The van der Waals surface area contributed by atoms with Crippen LogP contribution in [0.15, 0.2) is 12.1 Å². The van der Waals surface area contributed by atoms with Crippen molar-refractivity contribution in [2.75, 3.05) is 13.2 Å². The fourth-order valence-corrected chi connectivity index (χ4v) is 2.94. The molecule has 1 fully saturated rings. The quantitative estimate of drug-likeness (QED) is 0.804. The van der Waals surface area contributed by atoms with Crippen molar-refractivity contribution in [1.29, 1.82) is 0 Å². The first-order valence-electron chi connectivity index (χ1n) is 7.11. The fraction of sp³-hybridized carbons (Fsp3) is 0.625. The van der Waals surface area contributed by atoms with Gasteiger partial charge in [-0.2, -0.15) is 0 Å². The highest BCUT2D eigenvalue weighted by Gasteiger charge is 2.13. The molecule has 0 aliphatic heterocycles. The van der Waals surface area contributed by atoms with Crippen LogP contribution in [0.2, 0.25) is 0 Å². The van der Waals surface area contributed by atoms with Crippen molar-refractivity contribution >= 4 is 0 Å². The van der Waals surface area contributed by atoms with Crippen LogP contribution < -0.4 is 10.1 Å². The number of nitrogens with one attached hydrogen (secondary N) is 1. The number of hydrogen-bond donors (Lipinski definition) is 1. The Hall–Kier alpha value is -1.02. The SMILES string of the molecule is Cc1cc(C)c(OCCNC2CCCC2)c(C)c1. The highest BCUT2D eigenvalue weighted by Crippen LogP contribution is 2.24. The molecule has 0 aromatic heterocycles. The van der Waals surface area contributed by atoms with Gasteiger partial charge in [0.1, 0.15) is 12.4 Å². The molecule has 1 aliphatic carbocycles. The van der Waals surface area contributed by atoms with Gasteiger partial charge >= 0.3 is 0 Å². The van der Waals surface area contributed by atoms with E-state index in [1.807, 2.05) is 0 Å². The molecule has 1 aromatic carbocycles.